The highest BCUT2D eigenvalue weighted by atomic mass is 32.1. The van der Waals surface area contributed by atoms with Gasteiger partial charge in [0.15, 0.2) is 5.11 Å². The minimum atomic E-state index is -0.411. The van der Waals surface area contributed by atoms with Gasteiger partial charge in [-0.25, -0.2) is 0 Å². The molecule has 1 saturated heterocycles. The van der Waals surface area contributed by atoms with Crippen molar-refractivity contribution in [2.45, 2.75) is 13.5 Å². The molecule has 2 heterocycles. The van der Waals surface area contributed by atoms with Crippen molar-refractivity contribution in [3.05, 3.63) is 51.8 Å². The van der Waals surface area contributed by atoms with E-state index >= 15 is 0 Å². The fraction of sp³-hybridized carbons (Fsp3) is 0.412. The van der Waals surface area contributed by atoms with Gasteiger partial charge in [-0.1, -0.05) is 0 Å². The second-order valence-corrected chi connectivity index (χ2v) is 6.76. The molecule has 0 radical (unpaired) electrons. The van der Waals surface area contributed by atoms with E-state index in [4.69, 9.17) is 12.2 Å². The highest BCUT2D eigenvalue weighted by Crippen LogP contribution is 2.17. The second-order valence-electron chi connectivity index (χ2n) is 6.38. The average molecular weight is 374 g/mol. The number of thiocarbonyl (C=S) groups is 1. The lowest BCUT2D eigenvalue weighted by molar-refractivity contribution is -0.384. The molecule has 0 spiro atoms. The molecule has 1 aliphatic heterocycles. The predicted octanol–water partition coefficient (Wildman–Crippen LogP) is 2.15. The van der Waals surface area contributed by atoms with Gasteiger partial charge in [-0.2, -0.15) is 5.10 Å². The molecule has 3 rings (SSSR count). The largest absolute Gasteiger partial charge is 0.346 e. The SMILES string of the molecule is Cc1c(CN2CCN(C(=S)Nc3ccc([N+](=O)[O-])cc3)CC2)cnn1C. The van der Waals surface area contributed by atoms with Crippen LogP contribution in [0.5, 0.6) is 0 Å². The highest BCUT2D eigenvalue weighted by Gasteiger charge is 2.20. The van der Waals surface area contributed by atoms with Crippen molar-refractivity contribution in [3.63, 3.8) is 0 Å². The predicted molar refractivity (Wildman–Crippen MR) is 104 cm³/mol. The summed E-state index contributed by atoms with van der Waals surface area (Å²) in [6.07, 6.45) is 1.93. The zero-order valence-electron chi connectivity index (χ0n) is 14.9. The molecule has 0 unspecified atom stereocenters. The molecule has 1 aromatic carbocycles. The molecule has 2 aromatic rings. The minimum Gasteiger partial charge on any atom is -0.346 e. The van der Waals surface area contributed by atoms with Crippen LogP contribution in [0.2, 0.25) is 0 Å². The van der Waals surface area contributed by atoms with E-state index in [1.165, 1.54) is 23.4 Å². The summed E-state index contributed by atoms with van der Waals surface area (Å²) < 4.78 is 1.90. The number of aromatic nitrogens is 2. The van der Waals surface area contributed by atoms with Crippen molar-refractivity contribution in [1.82, 2.24) is 19.6 Å². The van der Waals surface area contributed by atoms with Gasteiger partial charge in [-0.05, 0) is 31.3 Å². The molecule has 1 aliphatic rings. The third kappa shape index (κ3) is 4.17. The summed E-state index contributed by atoms with van der Waals surface area (Å²) in [6.45, 7) is 6.53. The van der Waals surface area contributed by atoms with E-state index in [0.717, 1.165) is 38.4 Å². The highest BCUT2D eigenvalue weighted by molar-refractivity contribution is 7.80. The van der Waals surface area contributed by atoms with E-state index < -0.39 is 4.92 Å². The molecule has 0 saturated carbocycles. The van der Waals surface area contributed by atoms with Gasteiger partial charge in [0, 0.05) is 68.8 Å². The fourth-order valence-electron chi connectivity index (χ4n) is 2.92. The Bertz CT molecular complexity index is 796. The van der Waals surface area contributed by atoms with Crippen molar-refractivity contribution in [3.8, 4) is 0 Å². The Morgan fingerprint density at radius 1 is 1.27 bits per heavy atom. The normalized spacial score (nSPS) is 15.1. The Morgan fingerprint density at radius 3 is 2.46 bits per heavy atom. The molecule has 0 amide bonds. The molecule has 1 aromatic heterocycles. The third-order valence-electron chi connectivity index (χ3n) is 4.72. The van der Waals surface area contributed by atoms with Crippen LogP contribution in [0.25, 0.3) is 0 Å². The molecular weight excluding hydrogens is 352 g/mol. The number of hydrogen-bond acceptors (Lipinski definition) is 5. The number of aryl methyl sites for hydroxylation is 1. The van der Waals surface area contributed by atoms with E-state index in [-0.39, 0.29) is 5.69 Å². The topological polar surface area (TPSA) is 79.5 Å². The number of nitro benzene ring substituents is 1. The molecule has 1 N–H and O–H groups in total. The molecule has 138 valence electrons. The lowest BCUT2D eigenvalue weighted by Crippen LogP contribution is -2.49. The summed E-state index contributed by atoms with van der Waals surface area (Å²) in [5, 5.41) is 18.8. The number of hydrogen-bond donors (Lipinski definition) is 1. The monoisotopic (exact) mass is 374 g/mol. The van der Waals surface area contributed by atoms with Crippen LogP contribution in [0.4, 0.5) is 11.4 Å². The number of nitrogens with one attached hydrogen (secondary N) is 1. The maximum atomic E-state index is 10.7. The van der Waals surface area contributed by atoms with Crippen LogP contribution in [-0.2, 0) is 13.6 Å². The van der Waals surface area contributed by atoms with E-state index in [0.29, 0.717) is 5.11 Å². The van der Waals surface area contributed by atoms with Crippen molar-refractivity contribution >= 4 is 28.7 Å². The zero-order valence-corrected chi connectivity index (χ0v) is 15.7. The summed E-state index contributed by atoms with van der Waals surface area (Å²) in [5.41, 5.74) is 3.28. The van der Waals surface area contributed by atoms with Crippen molar-refractivity contribution in [2.75, 3.05) is 31.5 Å². The lowest BCUT2D eigenvalue weighted by atomic mass is 10.2. The Hall–Kier alpha value is -2.52. The number of piperazine rings is 1. The third-order valence-corrected chi connectivity index (χ3v) is 5.08. The van der Waals surface area contributed by atoms with Crippen LogP contribution in [0.15, 0.2) is 30.5 Å². The van der Waals surface area contributed by atoms with Crippen molar-refractivity contribution < 1.29 is 4.92 Å². The van der Waals surface area contributed by atoms with E-state index in [1.807, 2.05) is 17.9 Å². The van der Waals surface area contributed by atoms with Crippen LogP contribution in [0.3, 0.4) is 0 Å². The quantitative estimate of drug-likeness (QED) is 0.499. The first kappa shape index (κ1) is 18.3. The van der Waals surface area contributed by atoms with Gasteiger partial charge in [0.05, 0.1) is 11.1 Å². The molecule has 0 bridgehead atoms. The Labute approximate surface area is 157 Å². The number of rotatable bonds is 4. The summed E-state index contributed by atoms with van der Waals surface area (Å²) >= 11 is 5.48. The molecular formula is C17H22N6O2S. The first-order valence-corrected chi connectivity index (χ1v) is 8.85. The summed E-state index contributed by atoms with van der Waals surface area (Å²) in [6, 6.07) is 6.29. The standard InChI is InChI=1S/C17H22N6O2S/c1-13-14(11-18-20(13)2)12-21-7-9-22(10-8-21)17(26)19-15-3-5-16(6-4-15)23(24)25/h3-6,11H,7-10,12H2,1-2H3,(H,19,26). The van der Waals surface area contributed by atoms with E-state index in [2.05, 4.69) is 27.1 Å². The molecule has 8 nitrogen and oxygen atoms in total. The number of nitrogens with zero attached hydrogens (tertiary/aromatic N) is 5. The van der Waals surface area contributed by atoms with Gasteiger partial charge in [0.25, 0.3) is 5.69 Å². The average Bonchev–Trinajstić information content (AvgIpc) is 2.95. The maximum Gasteiger partial charge on any atom is 0.269 e. The Balaban J connectivity index is 1.50. The van der Waals surface area contributed by atoms with Gasteiger partial charge in [0.1, 0.15) is 0 Å². The van der Waals surface area contributed by atoms with Crippen LogP contribution >= 0.6 is 12.2 Å². The second kappa shape index (κ2) is 7.79. The summed E-state index contributed by atoms with van der Waals surface area (Å²) in [7, 11) is 1.96. The lowest BCUT2D eigenvalue weighted by Gasteiger charge is -2.36. The van der Waals surface area contributed by atoms with E-state index in [9.17, 15) is 10.1 Å². The van der Waals surface area contributed by atoms with Gasteiger partial charge in [-0.15, -0.1) is 0 Å². The van der Waals surface area contributed by atoms with Crippen molar-refractivity contribution in [1.29, 1.82) is 0 Å². The summed E-state index contributed by atoms with van der Waals surface area (Å²) in [4.78, 5) is 14.8. The minimum absolute atomic E-state index is 0.0702. The molecule has 0 aliphatic carbocycles. The first-order valence-electron chi connectivity index (χ1n) is 8.44. The van der Waals surface area contributed by atoms with Crippen LogP contribution < -0.4 is 5.32 Å². The Kier molecular flexibility index (Phi) is 5.48. The van der Waals surface area contributed by atoms with Crippen LogP contribution in [0, 0.1) is 17.0 Å². The molecule has 1 fully saturated rings. The Morgan fingerprint density at radius 2 is 1.92 bits per heavy atom. The first-order chi connectivity index (χ1) is 12.4. The zero-order chi connectivity index (χ0) is 18.7. The number of non-ortho nitro benzene ring substituents is 1. The number of benzene rings is 1. The van der Waals surface area contributed by atoms with Crippen molar-refractivity contribution in [2.24, 2.45) is 7.05 Å². The van der Waals surface area contributed by atoms with Gasteiger partial charge in [-0.3, -0.25) is 19.7 Å². The smallest absolute Gasteiger partial charge is 0.269 e. The van der Waals surface area contributed by atoms with Gasteiger partial charge in [0.2, 0.25) is 0 Å². The van der Waals surface area contributed by atoms with E-state index in [1.54, 1.807) is 12.1 Å². The maximum absolute atomic E-state index is 10.7. The van der Waals surface area contributed by atoms with Gasteiger partial charge >= 0.3 is 0 Å². The van der Waals surface area contributed by atoms with Crippen LogP contribution in [0.1, 0.15) is 11.3 Å². The number of anilines is 1. The fourth-order valence-corrected chi connectivity index (χ4v) is 3.22. The molecule has 9 heteroatoms. The molecule has 26 heavy (non-hydrogen) atoms. The number of nitro groups is 1. The molecule has 0 atom stereocenters. The van der Waals surface area contributed by atoms with Crippen LogP contribution in [-0.4, -0.2) is 55.8 Å². The summed E-state index contributed by atoms with van der Waals surface area (Å²) in [5.74, 6) is 0. The van der Waals surface area contributed by atoms with Gasteiger partial charge < -0.3 is 10.2 Å².